The Bertz CT molecular complexity index is 715. The van der Waals surface area contributed by atoms with Crippen LogP contribution in [0.3, 0.4) is 0 Å². The molecule has 2 N–H and O–H groups in total. The van der Waals surface area contributed by atoms with E-state index in [2.05, 4.69) is 26.2 Å². The summed E-state index contributed by atoms with van der Waals surface area (Å²) in [5, 5.41) is 11.7. The summed E-state index contributed by atoms with van der Waals surface area (Å²) in [5.74, 6) is -1.15. The number of hydrogen-bond acceptors (Lipinski definition) is 3. The summed E-state index contributed by atoms with van der Waals surface area (Å²) >= 11 is 9.13. The third kappa shape index (κ3) is 3.43. The minimum atomic E-state index is -1.09. The van der Waals surface area contributed by atoms with E-state index in [-0.39, 0.29) is 28.9 Å². The lowest BCUT2D eigenvalue weighted by Crippen LogP contribution is -2.25. The molecule has 0 saturated carbocycles. The lowest BCUT2D eigenvalue weighted by Gasteiger charge is -2.07. The maximum atomic E-state index is 12.0. The second-order valence-electron chi connectivity index (χ2n) is 4.27. The van der Waals surface area contributed by atoms with E-state index in [1.165, 1.54) is 18.3 Å². The van der Waals surface area contributed by atoms with E-state index in [1.807, 2.05) is 0 Å². The van der Waals surface area contributed by atoms with Gasteiger partial charge in [-0.2, -0.15) is 0 Å². The van der Waals surface area contributed by atoms with Crippen LogP contribution in [0.2, 0.25) is 5.02 Å². The quantitative estimate of drug-likeness (QED) is 0.863. The van der Waals surface area contributed by atoms with Crippen LogP contribution in [0.1, 0.15) is 26.5 Å². The molecule has 0 aliphatic rings. The van der Waals surface area contributed by atoms with Gasteiger partial charge in [-0.25, -0.2) is 9.78 Å². The Morgan fingerprint density at radius 2 is 2.19 bits per heavy atom. The van der Waals surface area contributed by atoms with Gasteiger partial charge in [0.15, 0.2) is 5.82 Å². The number of benzene rings is 1. The van der Waals surface area contributed by atoms with Gasteiger partial charge in [0.05, 0.1) is 16.8 Å². The van der Waals surface area contributed by atoms with Gasteiger partial charge in [0, 0.05) is 13.6 Å². The maximum absolute atomic E-state index is 12.0. The highest BCUT2D eigenvalue weighted by Gasteiger charge is 2.14. The van der Waals surface area contributed by atoms with E-state index in [4.69, 9.17) is 16.7 Å². The van der Waals surface area contributed by atoms with Gasteiger partial charge >= 0.3 is 5.97 Å². The summed E-state index contributed by atoms with van der Waals surface area (Å²) in [6.07, 6.45) is 1.54. The first-order chi connectivity index (χ1) is 9.90. The molecule has 0 atom stereocenters. The maximum Gasteiger partial charge on any atom is 0.337 e. The van der Waals surface area contributed by atoms with Crippen LogP contribution in [0.15, 0.2) is 29.0 Å². The summed E-state index contributed by atoms with van der Waals surface area (Å²) in [5.41, 5.74) is 0.728. The minimum absolute atomic E-state index is 0.0276. The van der Waals surface area contributed by atoms with Crippen molar-refractivity contribution in [3.05, 3.63) is 51.0 Å². The van der Waals surface area contributed by atoms with Crippen LogP contribution in [-0.2, 0) is 13.6 Å². The number of nitrogens with zero attached hydrogens (tertiary/aromatic N) is 2. The van der Waals surface area contributed by atoms with Gasteiger partial charge in [0.2, 0.25) is 0 Å². The molecule has 1 heterocycles. The van der Waals surface area contributed by atoms with Crippen LogP contribution >= 0.6 is 27.5 Å². The average Bonchev–Trinajstić information content (AvgIpc) is 2.76. The first-order valence-electron chi connectivity index (χ1n) is 5.87. The first-order valence-corrected chi connectivity index (χ1v) is 7.04. The Hall–Kier alpha value is -1.86. The van der Waals surface area contributed by atoms with Gasteiger partial charge in [-0.3, -0.25) is 4.79 Å². The van der Waals surface area contributed by atoms with Crippen LogP contribution in [0.4, 0.5) is 0 Å². The number of hydrogen-bond donors (Lipinski definition) is 2. The average molecular weight is 373 g/mol. The Morgan fingerprint density at radius 3 is 2.71 bits per heavy atom. The highest BCUT2D eigenvalue weighted by Crippen LogP contribution is 2.18. The summed E-state index contributed by atoms with van der Waals surface area (Å²) in [6, 6.07) is 4.52. The molecule has 1 aromatic heterocycles. The molecule has 0 saturated heterocycles. The molecule has 0 spiro atoms. The Morgan fingerprint density at radius 1 is 1.48 bits per heavy atom. The number of carbonyl (C=O) groups is 2. The SMILES string of the molecule is Cn1c(Br)cnc1C(=O)NCc1ccc(C(=O)O)c(Cl)c1. The van der Waals surface area contributed by atoms with Gasteiger partial charge in [-0.05, 0) is 33.6 Å². The van der Waals surface area contributed by atoms with Gasteiger partial charge in [-0.1, -0.05) is 17.7 Å². The minimum Gasteiger partial charge on any atom is -0.478 e. The molecule has 0 radical (unpaired) electrons. The van der Waals surface area contributed by atoms with Crippen LogP contribution in [-0.4, -0.2) is 26.5 Å². The number of carboxylic acids is 1. The Kier molecular flexibility index (Phi) is 4.64. The number of halogens is 2. The number of carbonyl (C=O) groups excluding carboxylic acids is 1. The highest BCUT2D eigenvalue weighted by molar-refractivity contribution is 9.10. The molecule has 0 unspecified atom stereocenters. The summed E-state index contributed by atoms with van der Waals surface area (Å²) in [6.45, 7) is 0.225. The fourth-order valence-electron chi connectivity index (χ4n) is 1.70. The van der Waals surface area contributed by atoms with E-state index >= 15 is 0 Å². The smallest absolute Gasteiger partial charge is 0.337 e. The van der Waals surface area contributed by atoms with Gasteiger partial charge in [0.25, 0.3) is 5.91 Å². The van der Waals surface area contributed by atoms with Crippen LogP contribution in [0.5, 0.6) is 0 Å². The molecule has 0 bridgehead atoms. The number of carboxylic acid groups (broad SMARTS) is 1. The second kappa shape index (κ2) is 6.28. The van der Waals surface area contributed by atoms with E-state index in [0.717, 1.165) is 0 Å². The molecule has 1 amide bonds. The van der Waals surface area contributed by atoms with Crippen LogP contribution in [0.25, 0.3) is 0 Å². The fraction of sp³-hybridized carbons (Fsp3) is 0.154. The number of aromatic carboxylic acids is 1. The predicted molar refractivity (Wildman–Crippen MR) is 80.5 cm³/mol. The fourth-order valence-corrected chi connectivity index (χ4v) is 2.26. The normalized spacial score (nSPS) is 10.4. The van der Waals surface area contributed by atoms with Crippen molar-refractivity contribution < 1.29 is 14.7 Å². The highest BCUT2D eigenvalue weighted by atomic mass is 79.9. The molecule has 6 nitrogen and oxygen atoms in total. The first kappa shape index (κ1) is 15.5. The van der Waals surface area contributed by atoms with Crippen molar-refractivity contribution >= 4 is 39.4 Å². The molecule has 0 aliphatic heterocycles. The standard InChI is InChI=1S/C13H11BrClN3O3/c1-18-10(14)6-16-11(18)12(19)17-5-7-2-3-8(13(20)21)9(15)4-7/h2-4,6H,5H2,1H3,(H,17,19)(H,20,21). The van der Waals surface area contributed by atoms with Crippen LogP contribution in [0, 0.1) is 0 Å². The molecular weight excluding hydrogens is 362 g/mol. The molecule has 1 aromatic carbocycles. The van der Waals surface area contributed by atoms with E-state index < -0.39 is 5.97 Å². The van der Waals surface area contributed by atoms with Crippen molar-refractivity contribution in [3.63, 3.8) is 0 Å². The Balaban J connectivity index is 2.06. The van der Waals surface area contributed by atoms with Crippen molar-refractivity contribution in [2.45, 2.75) is 6.54 Å². The monoisotopic (exact) mass is 371 g/mol. The molecular formula is C13H11BrClN3O3. The molecule has 0 fully saturated rings. The largest absolute Gasteiger partial charge is 0.478 e. The van der Waals surface area contributed by atoms with Gasteiger partial charge < -0.3 is 15.0 Å². The van der Waals surface area contributed by atoms with Crippen molar-refractivity contribution in [3.8, 4) is 0 Å². The van der Waals surface area contributed by atoms with E-state index in [9.17, 15) is 9.59 Å². The van der Waals surface area contributed by atoms with Gasteiger partial charge in [-0.15, -0.1) is 0 Å². The van der Waals surface area contributed by atoms with Crippen molar-refractivity contribution in [1.82, 2.24) is 14.9 Å². The number of amides is 1. The summed E-state index contributed by atoms with van der Waals surface area (Å²) < 4.78 is 2.30. The predicted octanol–water partition coefficient (Wildman–Crippen LogP) is 2.46. The summed E-state index contributed by atoms with van der Waals surface area (Å²) in [4.78, 5) is 26.8. The molecule has 110 valence electrons. The molecule has 21 heavy (non-hydrogen) atoms. The van der Waals surface area contributed by atoms with E-state index in [0.29, 0.717) is 10.2 Å². The number of aromatic nitrogens is 2. The molecule has 2 rings (SSSR count). The zero-order chi connectivity index (χ0) is 15.6. The molecule has 2 aromatic rings. The topological polar surface area (TPSA) is 84.2 Å². The third-order valence-corrected chi connectivity index (χ3v) is 3.90. The number of imidazole rings is 1. The lowest BCUT2D eigenvalue weighted by molar-refractivity contribution is 0.0696. The van der Waals surface area contributed by atoms with Crippen molar-refractivity contribution in [1.29, 1.82) is 0 Å². The zero-order valence-electron chi connectivity index (χ0n) is 10.9. The van der Waals surface area contributed by atoms with Crippen molar-refractivity contribution in [2.75, 3.05) is 0 Å². The number of nitrogens with one attached hydrogen (secondary N) is 1. The second-order valence-corrected chi connectivity index (χ2v) is 5.49. The third-order valence-electron chi connectivity index (χ3n) is 2.85. The number of rotatable bonds is 4. The molecule has 8 heteroatoms. The lowest BCUT2D eigenvalue weighted by atomic mass is 10.1. The van der Waals surface area contributed by atoms with Gasteiger partial charge in [0.1, 0.15) is 4.60 Å². The zero-order valence-corrected chi connectivity index (χ0v) is 13.3. The Labute approximate surface area is 133 Å². The van der Waals surface area contributed by atoms with Crippen LogP contribution < -0.4 is 5.32 Å². The molecule has 0 aliphatic carbocycles. The van der Waals surface area contributed by atoms with E-state index in [1.54, 1.807) is 17.7 Å². The van der Waals surface area contributed by atoms with Crippen molar-refractivity contribution in [2.24, 2.45) is 7.05 Å². The summed E-state index contributed by atoms with van der Waals surface area (Å²) in [7, 11) is 1.71.